The smallest absolute Gasteiger partial charge is 0.359 e. The number of ether oxygens (including phenoxy) is 1. The molecule has 1 N–H and O–H groups in total. The number of rotatable bonds is 7. The summed E-state index contributed by atoms with van der Waals surface area (Å²) in [7, 11) is 0. The predicted octanol–water partition coefficient (Wildman–Crippen LogP) is 3.27. The van der Waals surface area contributed by atoms with Gasteiger partial charge in [0, 0.05) is 12.7 Å². The van der Waals surface area contributed by atoms with Gasteiger partial charge < -0.3 is 10.1 Å². The fraction of sp³-hybridized carbons (Fsp3) is 0.300. The zero-order chi connectivity index (χ0) is 19.4. The SMILES string of the molecule is CCCCNc1c(C(=O)OCC)ncc2c1C(=O)N(c1ccccc1)C2=O. The number of carbonyl (C=O) groups is 3. The molecular weight excluding hydrogens is 346 g/mol. The van der Waals surface area contributed by atoms with E-state index in [0.29, 0.717) is 12.2 Å². The topological polar surface area (TPSA) is 88.6 Å². The number of fused-ring (bicyclic) bond motifs is 1. The number of pyridine rings is 1. The average Bonchev–Trinajstić information content (AvgIpc) is 2.93. The summed E-state index contributed by atoms with van der Waals surface area (Å²) in [5.74, 6) is -1.56. The number of benzene rings is 1. The first-order valence-corrected chi connectivity index (χ1v) is 8.97. The zero-order valence-corrected chi connectivity index (χ0v) is 15.3. The predicted molar refractivity (Wildman–Crippen MR) is 101 cm³/mol. The number of imide groups is 1. The molecule has 0 fully saturated rings. The van der Waals surface area contributed by atoms with Gasteiger partial charge in [-0.05, 0) is 25.5 Å². The molecule has 0 saturated carbocycles. The summed E-state index contributed by atoms with van der Waals surface area (Å²) in [4.78, 5) is 43.4. The highest BCUT2D eigenvalue weighted by molar-refractivity contribution is 6.36. The van der Waals surface area contributed by atoms with Crippen molar-refractivity contribution in [2.45, 2.75) is 26.7 Å². The Hall–Kier alpha value is -3.22. The maximum atomic E-state index is 13.1. The lowest BCUT2D eigenvalue weighted by atomic mass is 10.1. The van der Waals surface area contributed by atoms with Crippen molar-refractivity contribution in [1.29, 1.82) is 0 Å². The number of hydrogen-bond acceptors (Lipinski definition) is 6. The molecule has 0 aliphatic carbocycles. The maximum Gasteiger partial charge on any atom is 0.359 e. The maximum absolute atomic E-state index is 13.1. The van der Waals surface area contributed by atoms with Crippen molar-refractivity contribution in [2.24, 2.45) is 0 Å². The number of hydrogen-bond donors (Lipinski definition) is 1. The minimum atomic E-state index is -0.627. The van der Waals surface area contributed by atoms with Crippen LogP contribution in [0.25, 0.3) is 0 Å². The van der Waals surface area contributed by atoms with E-state index in [2.05, 4.69) is 10.3 Å². The van der Waals surface area contributed by atoms with Crippen LogP contribution < -0.4 is 10.2 Å². The minimum absolute atomic E-state index is 0.0164. The van der Waals surface area contributed by atoms with E-state index in [4.69, 9.17) is 4.74 Å². The van der Waals surface area contributed by atoms with Gasteiger partial charge in [-0.3, -0.25) is 9.59 Å². The monoisotopic (exact) mass is 367 g/mol. The number of amides is 2. The Bertz CT molecular complexity index is 880. The molecule has 0 saturated heterocycles. The molecule has 1 aliphatic heterocycles. The van der Waals surface area contributed by atoms with Crippen molar-refractivity contribution in [1.82, 2.24) is 4.98 Å². The van der Waals surface area contributed by atoms with Crippen LogP contribution in [0.5, 0.6) is 0 Å². The molecule has 0 bridgehead atoms. The van der Waals surface area contributed by atoms with E-state index in [1.54, 1.807) is 37.3 Å². The number of anilines is 2. The van der Waals surface area contributed by atoms with Crippen LogP contribution in [0.3, 0.4) is 0 Å². The molecule has 2 aromatic rings. The van der Waals surface area contributed by atoms with E-state index < -0.39 is 17.8 Å². The van der Waals surface area contributed by atoms with Gasteiger partial charge in [0.1, 0.15) is 0 Å². The van der Waals surface area contributed by atoms with Gasteiger partial charge in [0.2, 0.25) is 0 Å². The van der Waals surface area contributed by atoms with Crippen LogP contribution in [-0.2, 0) is 4.74 Å². The molecule has 1 aromatic carbocycles. The lowest BCUT2D eigenvalue weighted by Gasteiger charge is -2.15. The first-order valence-electron chi connectivity index (χ1n) is 8.97. The second-order valence-electron chi connectivity index (χ2n) is 6.05. The van der Waals surface area contributed by atoms with Crippen molar-refractivity contribution in [2.75, 3.05) is 23.4 Å². The summed E-state index contributed by atoms with van der Waals surface area (Å²) < 4.78 is 5.06. The summed E-state index contributed by atoms with van der Waals surface area (Å²) in [6.07, 6.45) is 3.05. The van der Waals surface area contributed by atoms with Gasteiger partial charge >= 0.3 is 5.97 Å². The van der Waals surface area contributed by atoms with Crippen molar-refractivity contribution in [3.63, 3.8) is 0 Å². The zero-order valence-electron chi connectivity index (χ0n) is 15.3. The summed E-state index contributed by atoms with van der Waals surface area (Å²) >= 11 is 0. The fourth-order valence-electron chi connectivity index (χ4n) is 2.95. The highest BCUT2D eigenvalue weighted by Gasteiger charge is 2.40. The van der Waals surface area contributed by atoms with Crippen molar-refractivity contribution < 1.29 is 19.1 Å². The van der Waals surface area contributed by atoms with Crippen LogP contribution in [0.2, 0.25) is 0 Å². The minimum Gasteiger partial charge on any atom is -0.461 e. The largest absolute Gasteiger partial charge is 0.461 e. The molecule has 27 heavy (non-hydrogen) atoms. The van der Waals surface area contributed by atoms with Crippen LogP contribution >= 0.6 is 0 Å². The van der Waals surface area contributed by atoms with Gasteiger partial charge in [0.05, 0.1) is 29.1 Å². The molecule has 140 valence electrons. The van der Waals surface area contributed by atoms with Gasteiger partial charge in [-0.2, -0.15) is 0 Å². The highest BCUT2D eigenvalue weighted by Crippen LogP contribution is 2.34. The van der Waals surface area contributed by atoms with Gasteiger partial charge in [0.15, 0.2) is 5.69 Å². The summed E-state index contributed by atoms with van der Waals surface area (Å²) in [5, 5.41) is 3.11. The molecule has 7 heteroatoms. The van der Waals surface area contributed by atoms with E-state index in [-0.39, 0.29) is 29.1 Å². The van der Waals surface area contributed by atoms with Gasteiger partial charge in [0.25, 0.3) is 11.8 Å². The van der Waals surface area contributed by atoms with E-state index >= 15 is 0 Å². The quantitative estimate of drug-likeness (QED) is 0.459. The molecule has 2 amide bonds. The Morgan fingerprint density at radius 3 is 2.56 bits per heavy atom. The molecule has 1 aromatic heterocycles. The number of esters is 1. The third kappa shape index (κ3) is 3.40. The molecule has 0 unspecified atom stereocenters. The van der Waals surface area contributed by atoms with E-state index in [0.717, 1.165) is 17.7 Å². The van der Waals surface area contributed by atoms with Crippen LogP contribution in [0.4, 0.5) is 11.4 Å². The first-order chi connectivity index (χ1) is 13.1. The normalized spacial score (nSPS) is 12.9. The number of aromatic nitrogens is 1. The average molecular weight is 367 g/mol. The first kappa shape index (κ1) is 18.6. The highest BCUT2D eigenvalue weighted by atomic mass is 16.5. The third-order valence-electron chi connectivity index (χ3n) is 4.24. The van der Waals surface area contributed by atoms with Crippen LogP contribution in [0.1, 0.15) is 57.9 Å². The molecule has 0 radical (unpaired) electrons. The molecule has 7 nitrogen and oxygen atoms in total. The Morgan fingerprint density at radius 1 is 1.15 bits per heavy atom. The molecule has 1 aliphatic rings. The van der Waals surface area contributed by atoms with Crippen molar-refractivity contribution in [3.05, 3.63) is 53.3 Å². The lowest BCUT2D eigenvalue weighted by Crippen LogP contribution is -2.29. The molecule has 2 heterocycles. The molecule has 0 spiro atoms. The van der Waals surface area contributed by atoms with E-state index in [1.807, 2.05) is 6.92 Å². The Labute approximate surface area is 157 Å². The Morgan fingerprint density at radius 2 is 1.89 bits per heavy atom. The van der Waals surface area contributed by atoms with Gasteiger partial charge in [-0.25, -0.2) is 14.7 Å². The van der Waals surface area contributed by atoms with Crippen molar-refractivity contribution in [3.8, 4) is 0 Å². The number of carbonyl (C=O) groups excluding carboxylic acids is 3. The van der Waals surface area contributed by atoms with Crippen LogP contribution in [-0.4, -0.2) is 35.9 Å². The summed E-state index contributed by atoms with van der Waals surface area (Å²) in [6, 6.07) is 8.68. The van der Waals surface area contributed by atoms with Crippen LogP contribution in [0, 0.1) is 0 Å². The molecular formula is C20H21N3O4. The second kappa shape index (κ2) is 7.99. The number of nitrogens with one attached hydrogen (secondary N) is 1. The van der Waals surface area contributed by atoms with Crippen molar-refractivity contribution >= 4 is 29.2 Å². The second-order valence-corrected chi connectivity index (χ2v) is 6.05. The Kier molecular flexibility index (Phi) is 5.49. The third-order valence-corrected chi connectivity index (χ3v) is 4.24. The number of nitrogens with zero attached hydrogens (tertiary/aromatic N) is 2. The summed E-state index contributed by atoms with van der Waals surface area (Å²) in [5.41, 5.74) is 1.09. The fourth-order valence-corrected chi connectivity index (χ4v) is 2.95. The number of unbranched alkanes of at least 4 members (excludes halogenated alkanes) is 1. The summed E-state index contributed by atoms with van der Waals surface area (Å²) in [6.45, 7) is 4.47. The van der Waals surface area contributed by atoms with E-state index in [1.165, 1.54) is 6.20 Å². The molecule has 0 atom stereocenters. The standard InChI is InChI=1S/C20H21N3O4/c1-3-5-11-21-16-15-14(12-22-17(16)20(26)27-4-2)18(24)23(19(15)25)13-9-7-6-8-10-13/h6-10,12,21H,3-5,11H2,1-2H3. The van der Waals surface area contributed by atoms with Gasteiger partial charge in [-0.1, -0.05) is 31.5 Å². The van der Waals surface area contributed by atoms with Gasteiger partial charge in [-0.15, -0.1) is 0 Å². The van der Waals surface area contributed by atoms with Crippen LogP contribution in [0.15, 0.2) is 36.5 Å². The lowest BCUT2D eigenvalue weighted by molar-refractivity contribution is 0.0520. The van der Waals surface area contributed by atoms with E-state index in [9.17, 15) is 14.4 Å². The molecule has 3 rings (SSSR count). The Balaban J connectivity index is 2.08. The number of para-hydroxylation sites is 1.